The molecule has 27 heavy (non-hydrogen) atoms. The molecule has 0 bridgehead atoms. The van der Waals surface area contributed by atoms with E-state index in [2.05, 4.69) is 13.8 Å². The summed E-state index contributed by atoms with van der Waals surface area (Å²) in [6.07, 6.45) is 0. The third-order valence-corrected chi connectivity index (χ3v) is 3.98. The van der Waals surface area contributed by atoms with E-state index in [1.54, 1.807) is 30.3 Å². The molecule has 2 rings (SSSR count). The first-order chi connectivity index (χ1) is 12.9. The lowest BCUT2D eigenvalue weighted by atomic mass is 10.0. The van der Waals surface area contributed by atoms with Gasteiger partial charge in [-0.25, -0.2) is 4.79 Å². The van der Waals surface area contributed by atoms with E-state index >= 15 is 0 Å². The van der Waals surface area contributed by atoms with Crippen LogP contribution >= 0.6 is 0 Å². The molecular formula is C21H24O6. The maximum absolute atomic E-state index is 12.3. The fraction of sp³-hybridized carbons (Fsp3) is 0.333. The molecule has 0 atom stereocenters. The van der Waals surface area contributed by atoms with Crippen LogP contribution in [0.25, 0.3) is 0 Å². The van der Waals surface area contributed by atoms with E-state index in [4.69, 9.17) is 18.9 Å². The molecule has 0 radical (unpaired) electrons. The van der Waals surface area contributed by atoms with Gasteiger partial charge in [0.2, 0.25) is 5.78 Å². The molecule has 0 aliphatic rings. The maximum atomic E-state index is 12.3. The van der Waals surface area contributed by atoms with Gasteiger partial charge in [-0.15, -0.1) is 0 Å². The Bertz CT molecular complexity index is 780. The van der Waals surface area contributed by atoms with Gasteiger partial charge in [0.05, 0.1) is 19.8 Å². The van der Waals surface area contributed by atoms with Crippen LogP contribution in [0.15, 0.2) is 42.5 Å². The predicted molar refractivity (Wildman–Crippen MR) is 101 cm³/mol. The van der Waals surface area contributed by atoms with Gasteiger partial charge in [-0.05, 0) is 35.7 Å². The Morgan fingerprint density at radius 1 is 0.889 bits per heavy atom. The Labute approximate surface area is 159 Å². The lowest BCUT2D eigenvalue weighted by molar-refractivity contribution is -0.144. The van der Waals surface area contributed by atoms with E-state index in [-0.39, 0.29) is 12.4 Å². The van der Waals surface area contributed by atoms with Gasteiger partial charge >= 0.3 is 5.97 Å². The molecule has 0 saturated carbocycles. The second kappa shape index (κ2) is 9.62. The Kier molecular flexibility index (Phi) is 7.23. The fourth-order valence-corrected chi connectivity index (χ4v) is 2.39. The van der Waals surface area contributed by atoms with Gasteiger partial charge < -0.3 is 18.9 Å². The van der Waals surface area contributed by atoms with Crippen LogP contribution < -0.4 is 14.2 Å². The highest BCUT2D eigenvalue weighted by atomic mass is 16.6. The third-order valence-electron chi connectivity index (χ3n) is 3.98. The molecule has 0 aromatic heterocycles. The summed E-state index contributed by atoms with van der Waals surface area (Å²) in [7, 11) is 2.98. The molecule has 6 nitrogen and oxygen atoms in total. The summed E-state index contributed by atoms with van der Waals surface area (Å²) >= 11 is 0. The van der Waals surface area contributed by atoms with Crippen LogP contribution in [0.2, 0.25) is 0 Å². The van der Waals surface area contributed by atoms with Crippen LogP contribution in [0.1, 0.15) is 35.7 Å². The molecule has 2 aromatic rings. The Morgan fingerprint density at radius 3 is 2.15 bits per heavy atom. The van der Waals surface area contributed by atoms with E-state index in [1.165, 1.54) is 19.8 Å². The summed E-state index contributed by atoms with van der Waals surface area (Å²) in [5.74, 6) is 0.923. The van der Waals surface area contributed by atoms with Crippen LogP contribution in [0.3, 0.4) is 0 Å². The maximum Gasteiger partial charge on any atom is 0.344 e. The number of esters is 1. The van der Waals surface area contributed by atoms with Crippen molar-refractivity contribution in [3.05, 3.63) is 53.6 Å². The molecule has 0 fully saturated rings. The van der Waals surface area contributed by atoms with Crippen LogP contribution in [0.4, 0.5) is 0 Å². The van der Waals surface area contributed by atoms with Gasteiger partial charge in [0.1, 0.15) is 17.2 Å². The number of hydrogen-bond acceptors (Lipinski definition) is 6. The normalized spacial score (nSPS) is 10.4. The summed E-state index contributed by atoms with van der Waals surface area (Å²) in [4.78, 5) is 24.1. The zero-order valence-electron chi connectivity index (χ0n) is 16.0. The molecule has 0 aliphatic heterocycles. The van der Waals surface area contributed by atoms with Gasteiger partial charge in [-0.1, -0.05) is 26.0 Å². The van der Waals surface area contributed by atoms with E-state index in [9.17, 15) is 9.59 Å². The van der Waals surface area contributed by atoms with Crippen molar-refractivity contribution >= 4 is 11.8 Å². The minimum absolute atomic E-state index is 0.270. The Morgan fingerprint density at radius 2 is 1.56 bits per heavy atom. The number of carbonyl (C=O) groups is 2. The van der Waals surface area contributed by atoms with Crippen molar-refractivity contribution in [2.45, 2.75) is 19.8 Å². The SMILES string of the molecule is COc1ccc(C(=O)COC(=O)COc2ccc(C(C)C)cc2)c(OC)c1. The van der Waals surface area contributed by atoms with E-state index in [0.717, 1.165) is 0 Å². The van der Waals surface area contributed by atoms with Gasteiger partial charge in [0.25, 0.3) is 0 Å². The first-order valence-corrected chi connectivity index (χ1v) is 8.58. The number of Topliss-reactive ketones (excluding diaryl/α,β-unsaturated/α-hetero) is 1. The average molecular weight is 372 g/mol. The summed E-state index contributed by atoms with van der Waals surface area (Å²) in [6, 6.07) is 12.3. The van der Waals surface area contributed by atoms with Crippen molar-refractivity contribution in [1.82, 2.24) is 0 Å². The highest BCUT2D eigenvalue weighted by molar-refractivity contribution is 6.00. The molecule has 0 aliphatic carbocycles. The Hall–Kier alpha value is -3.02. The quantitative estimate of drug-likeness (QED) is 0.494. The molecule has 0 unspecified atom stereocenters. The van der Waals surface area contributed by atoms with Crippen molar-refractivity contribution in [3.8, 4) is 17.2 Å². The van der Waals surface area contributed by atoms with Gasteiger partial charge in [-0.2, -0.15) is 0 Å². The van der Waals surface area contributed by atoms with Crippen LogP contribution in [0.5, 0.6) is 17.2 Å². The summed E-state index contributed by atoms with van der Waals surface area (Å²) in [6.45, 7) is 3.54. The largest absolute Gasteiger partial charge is 0.497 e. The number of benzene rings is 2. The van der Waals surface area contributed by atoms with Gasteiger partial charge in [0.15, 0.2) is 13.2 Å². The number of ketones is 1. The number of methoxy groups -OCH3 is 2. The zero-order valence-corrected chi connectivity index (χ0v) is 16.0. The highest BCUT2D eigenvalue weighted by Gasteiger charge is 2.16. The molecule has 0 saturated heterocycles. The van der Waals surface area contributed by atoms with Crippen LogP contribution in [-0.4, -0.2) is 39.2 Å². The van der Waals surface area contributed by atoms with Crippen LogP contribution in [0, 0.1) is 0 Å². The standard InChI is InChI=1S/C21H24O6/c1-14(2)15-5-7-16(8-6-15)26-13-21(23)27-12-19(22)18-10-9-17(24-3)11-20(18)25-4/h5-11,14H,12-13H2,1-4H3. The molecule has 0 heterocycles. The number of ether oxygens (including phenoxy) is 4. The first kappa shape index (κ1) is 20.3. The summed E-state index contributed by atoms with van der Waals surface area (Å²) in [5.41, 5.74) is 1.50. The smallest absolute Gasteiger partial charge is 0.344 e. The molecule has 0 spiro atoms. The number of carbonyl (C=O) groups excluding carboxylic acids is 2. The van der Waals surface area contributed by atoms with E-state index in [1.807, 2.05) is 12.1 Å². The van der Waals surface area contributed by atoms with Gasteiger partial charge in [0, 0.05) is 6.07 Å². The van der Waals surface area contributed by atoms with Crippen molar-refractivity contribution in [2.75, 3.05) is 27.4 Å². The average Bonchev–Trinajstić information content (AvgIpc) is 2.70. The third kappa shape index (κ3) is 5.74. The molecule has 0 amide bonds. The lowest BCUT2D eigenvalue weighted by Crippen LogP contribution is -2.19. The summed E-state index contributed by atoms with van der Waals surface area (Å²) in [5, 5.41) is 0. The van der Waals surface area contributed by atoms with E-state index < -0.39 is 12.6 Å². The highest BCUT2D eigenvalue weighted by Crippen LogP contribution is 2.25. The lowest BCUT2D eigenvalue weighted by Gasteiger charge is -2.11. The second-order valence-corrected chi connectivity index (χ2v) is 6.16. The molecule has 0 N–H and O–H groups in total. The van der Waals surface area contributed by atoms with Crippen molar-refractivity contribution < 1.29 is 28.5 Å². The Balaban J connectivity index is 1.85. The second-order valence-electron chi connectivity index (χ2n) is 6.16. The minimum atomic E-state index is -0.622. The molecule has 2 aromatic carbocycles. The van der Waals surface area contributed by atoms with E-state index in [0.29, 0.717) is 28.7 Å². The minimum Gasteiger partial charge on any atom is -0.497 e. The molecule has 6 heteroatoms. The number of rotatable bonds is 9. The van der Waals surface area contributed by atoms with Gasteiger partial charge in [-0.3, -0.25) is 4.79 Å². The van der Waals surface area contributed by atoms with Crippen molar-refractivity contribution in [2.24, 2.45) is 0 Å². The number of hydrogen-bond donors (Lipinski definition) is 0. The monoisotopic (exact) mass is 372 g/mol. The predicted octanol–water partition coefficient (Wildman–Crippen LogP) is 3.63. The van der Waals surface area contributed by atoms with Crippen LogP contribution in [-0.2, 0) is 9.53 Å². The topological polar surface area (TPSA) is 71.1 Å². The summed E-state index contributed by atoms with van der Waals surface area (Å²) < 4.78 is 20.7. The first-order valence-electron chi connectivity index (χ1n) is 8.58. The van der Waals surface area contributed by atoms with Crippen molar-refractivity contribution in [1.29, 1.82) is 0 Å². The van der Waals surface area contributed by atoms with Crippen molar-refractivity contribution in [3.63, 3.8) is 0 Å². The zero-order chi connectivity index (χ0) is 19.8. The molecular weight excluding hydrogens is 348 g/mol. The fourth-order valence-electron chi connectivity index (χ4n) is 2.39. The molecule has 144 valence electrons.